The molecule has 0 fully saturated rings. The van der Waals surface area contributed by atoms with Gasteiger partial charge in [0.05, 0.1) is 18.0 Å². The summed E-state index contributed by atoms with van der Waals surface area (Å²) in [6, 6.07) is 4.53. The van der Waals surface area contributed by atoms with Crippen molar-refractivity contribution < 1.29 is 17.9 Å². The lowest BCUT2D eigenvalue weighted by Gasteiger charge is -2.11. The Bertz CT molecular complexity index is 572. The van der Waals surface area contributed by atoms with Crippen molar-refractivity contribution in [2.75, 3.05) is 24.2 Å². The van der Waals surface area contributed by atoms with Crippen LogP contribution in [0.5, 0.6) is 0 Å². The molecule has 0 radical (unpaired) electrons. The summed E-state index contributed by atoms with van der Waals surface area (Å²) < 4.78 is 27.4. The van der Waals surface area contributed by atoms with Crippen molar-refractivity contribution in [3.05, 3.63) is 18.2 Å². The second kappa shape index (κ2) is 7.11. The van der Waals surface area contributed by atoms with Crippen molar-refractivity contribution >= 4 is 27.4 Å². The summed E-state index contributed by atoms with van der Waals surface area (Å²) in [7, 11) is -3.85. The molecule has 0 spiro atoms. The van der Waals surface area contributed by atoms with Gasteiger partial charge in [-0.3, -0.25) is 4.79 Å². The number of anilines is 2. The largest absolute Gasteiger partial charge is 0.466 e. The molecule has 8 heteroatoms. The van der Waals surface area contributed by atoms with Crippen LogP contribution in [0.4, 0.5) is 11.4 Å². The molecule has 20 heavy (non-hydrogen) atoms. The van der Waals surface area contributed by atoms with Gasteiger partial charge in [0.15, 0.2) is 0 Å². The van der Waals surface area contributed by atoms with Gasteiger partial charge >= 0.3 is 5.97 Å². The molecule has 1 rings (SSSR count). The minimum atomic E-state index is -3.85. The Hall–Kier alpha value is -1.80. The van der Waals surface area contributed by atoms with Gasteiger partial charge < -0.3 is 15.8 Å². The van der Waals surface area contributed by atoms with Crippen LogP contribution in [0.1, 0.15) is 19.8 Å². The molecule has 5 N–H and O–H groups in total. The molecule has 0 heterocycles. The lowest BCUT2D eigenvalue weighted by molar-refractivity contribution is -0.143. The summed E-state index contributed by atoms with van der Waals surface area (Å²) >= 11 is 0. The Labute approximate surface area is 118 Å². The van der Waals surface area contributed by atoms with Gasteiger partial charge in [0.2, 0.25) is 10.0 Å². The molecule has 0 aliphatic rings. The maximum absolute atomic E-state index is 11.3. The average Bonchev–Trinajstić information content (AvgIpc) is 2.35. The molecule has 1 aromatic rings. The van der Waals surface area contributed by atoms with E-state index in [0.717, 1.165) is 0 Å². The fourth-order valence-electron chi connectivity index (χ4n) is 1.64. The normalized spacial score (nSPS) is 11.1. The summed E-state index contributed by atoms with van der Waals surface area (Å²) in [5.74, 6) is -0.263. The van der Waals surface area contributed by atoms with Crippen LogP contribution in [0, 0.1) is 0 Å². The minimum absolute atomic E-state index is 0.0751. The van der Waals surface area contributed by atoms with E-state index in [0.29, 0.717) is 25.3 Å². The number of rotatable bonds is 7. The summed E-state index contributed by atoms with van der Waals surface area (Å²) in [6.07, 6.45) is 0.841. The van der Waals surface area contributed by atoms with Gasteiger partial charge in [-0.05, 0) is 25.5 Å². The first-order valence-electron chi connectivity index (χ1n) is 6.17. The van der Waals surface area contributed by atoms with Gasteiger partial charge in [-0.1, -0.05) is 6.07 Å². The molecular weight excluding hydrogens is 282 g/mol. The Kier molecular flexibility index (Phi) is 5.78. The maximum atomic E-state index is 11.3. The third-order valence-electron chi connectivity index (χ3n) is 2.55. The number of nitrogen functional groups attached to an aromatic ring is 1. The zero-order valence-electron chi connectivity index (χ0n) is 11.3. The predicted molar refractivity (Wildman–Crippen MR) is 76.6 cm³/mol. The zero-order chi connectivity index (χ0) is 15.2. The van der Waals surface area contributed by atoms with E-state index in [-0.39, 0.29) is 23.0 Å². The molecule has 0 unspecified atom stereocenters. The average molecular weight is 301 g/mol. The van der Waals surface area contributed by atoms with E-state index in [1.807, 2.05) is 0 Å². The van der Waals surface area contributed by atoms with E-state index in [2.05, 4.69) is 5.32 Å². The number of esters is 1. The van der Waals surface area contributed by atoms with Crippen LogP contribution >= 0.6 is 0 Å². The number of sulfonamides is 1. The number of benzene rings is 1. The van der Waals surface area contributed by atoms with Crippen molar-refractivity contribution in [2.45, 2.75) is 24.7 Å². The zero-order valence-corrected chi connectivity index (χ0v) is 12.1. The van der Waals surface area contributed by atoms with Gasteiger partial charge in [-0.2, -0.15) is 0 Å². The molecule has 0 amide bonds. The molecule has 0 saturated carbocycles. The molecule has 0 aromatic heterocycles. The van der Waals surface area contributed by atoms with E-state index in [4.69, 9.17) is 15.6 Å². The Morgan fingerprint density at radius 1 is 1.40 bits per heavy atom. The molecule has 0 atom stereocenters. The SMILES string of the molecule is CCOC(=O)CCCNc1cccc(S(N)(=O)=O)c1N. The highest BCUT2D eigenvalue weighted by Gasteiger charge is 2.14. The topological polar surface area (TPSA) is 125 Å². The third-order valence-corrected chi connectivity index (χ3v) is 3.52. The molecular formula is C12H19N3O4S. The van der Waals surface area contributed by atoms with Crippen molar-refractivity contribution in [1.82, 2.24) is 0 Å². The van der Waals surface area contributed by atoms with Crippen molar-refractivity contribution in [2.24, 2.45) is 5.14 Å². The Morgan fingerprint density at radius 2 is 2.10 bits per heavy atom. The molecule has 0 aliphatic carbocycles. The fourth-order valence-corrected chi connectivity index (χ4v) is 2.32. The highest BCUT2D eigenvalue weighted by Crippen LogP contribution is 2.25. The number of nitrogens with two attached hydrogens (primary N) is 2. The highest BCUT2D eigenvalue weighted by atomic mass is 32.2. The Morgan fingerprint density at radius 3 is 2.70 bits per heavy atom. The van der Waals surface area contributed by atoms with Crippen molar-refractivity contribution in [1.29, 1.82) is 0 Å². The Balaban J connectivity index is 2.60. The van der Waals surface area contributed by atoms with Crippen LogP contribution in [0.15, 0.2) is 23.1 Å². The number of nitrogens with one attached hydrogen (secondary N) is 1. The van der Waals surface area contributed by atoms with Crippen molar-refractivity contribution in [3.8, 4) is 0 Å². The second-order valence-electron chi connectivity index (χ2n) is 4.10. The van der Waals surface area contributed by atoms with E-state index >= 15 is 0 Å². The number of ether oxygens (including phenoxy) is 1. The quantitative estimate of drug-likeness (QED) is 0.386. The summed E-state index contributed by atoms with van der Waals surface area (Å²) in [5.41, 5.74) is 6.29. The molecule has 7 nitrogen and oxygen atoms in total. The van der Waals surface area contributed by atoms with Gasteiger partial charge in [-0.25, -0.2) is 13.6 Å². The first kappa shape index (κ1) is 16.3. The lowest BCUT2D eigenvalue weighted by Crippen LogP contribution is -2.16. The van der Waals surface area contributed by atoms with E-state index in [1.165, 1.54) is 6.07 Å². The summed E-state index contributed by atoms with van der Waals surface area (Å²) in [4.78, 5) is 11.0. The van der Waals surface area contributed by atoms with Gasteiger partial charge in [0.25, 0.3) is 0 Å². The first-order valence-corrected chi connectivity index (χ1v) is 7.71. The van der Waals surface area contributed by atoms with E-state index in [1.54, 1.807) is 19.1 Å². The van der Waals surface area contributed by atoms with Crippen LogP contribution in [-0.2, 0) is 19.6 Å². The lowest BCUT2D eigenvalue weighted by atomic mass is 10.2. The smallest absolute Gasteiger partial charge is 0.305 e. The van der Waals surface area contributed by atoms with E-state index in [9.17, 15) is 13.2 Å². The van der Waals surface area contributed by atoms with Crippen LogP contribution < -0.4 is 16.2 Å². The number of primary sulfonamides is 1. The van der Waals surface area contributed by atoms with Gasteiger partial charge in [0, 0.05) is 13.0 Å². The highest BCUT2D eigenvalue weighted by molar-refractivity contribution is 7.89. The number of para-hydroxylation sites is 1. The van der Waals surface area contributed by atoms with Crippen molar-refractivity contribution in [3.63, 3.8) is 0 Å². The standard InChI is InChI=1S/C12H19N3O4S/c1-2-19-11(16)7-4-8-15-9-5-3-6-10(12(9)13)20(14,17)18/h3,5-6,15H,2,4,7-8,13H2,1H3,(H2,14,17,18). The molecule has 0 bridgehead atoms. The van der Waals surface area contributed by atoms with E-state index < -0.39 is 10.0 Å². The predicted octanol–water partition coefficient (Wildman–Crippen LogP) is 0.671. The molecule has 0 saturated heterocycles. The number of hydrogen-bond donors (Lipinski definition) is 3. The number of carbonyl (C=O) groups is 1. The maximum Gasteiger partial charge on any atom is 0.305 e. The van der Waals surface area contributed by atoms with Crippen LogP contribution in [-0.4, -0.2) is 27.5 Å². The second-order valence-corrected chi connectivity index (χ2v) is 5.63. The number of hydrogen-bond acceptors (Lipinski definition) is 6. The third kappa shape index (κ3) is 4.71. The molecule has 112 valence electrons. The monoisotopic (exact) mass is 301 g/mol. The first-order chi connectivity index (χ1) is 9.36. The van der Waals surface area contributed by atoms with Gasteiger partial charge in [-0.15, -0.1) is 0 Å². The van der Waals surface area contributed by atoms with Crippen LogP contribution in [0.2, 0.25) is 0 Å². The number of carbonyl (C=O) groups excluding carboxylic acids is 1. The fraction of sp³-hybridized carbons (Fsp3) is 0.417. The van der Waals surface area contributed by atoms with Crippen LogP contribution in [0.3, 0.4) is 0 Å². The molecule has 0 aliphatic heterocycles. The van der Waals surface area contributed by atoms with Gasteiger partial charge in [0.1, 0.15) is 4.90 Å². The summed E-state index contributed by atoms with van der Waals surface area (Å²) in [6.45, 7) is 2.57. The minimum Gasteiger partial charge on any atom is -0.466 e. The molecule has 1 aromatic carbocycles. The van der Waals surface area contributed by atoms with Crippen LogP contribution in [0.25, 0.3) is 0 Å². The summed E-state index contributed by atoms with van der Waals surface area (Å²) in [5, 5.41) is 8.03.